The molecular formula is C17H26N2O. The largest absolute Gasteiger partial charge is 0.388 e. The van der Waals surface area contributed by atoms with E-state index in [9.17, 15) is 5.11 Å². The summed E-state index contributed by atoms with van der Waals surface area (Å²) >= 11 is 0. The second kappa shape index (κ2) is 6.15. The fourth-order valence-electron chi connectivity index (χ4n) is 3.58. The number of aliphatic hydroxyl groups excluding tert-OH is 1. The second-order valence-corrected chi connectivity index (χ2v) is 6.15. The lowest BCUT2D eigenvalue weighted by molar-refractivity contribution is 0.173. The van der Waals surface area contributed by atoms with Crippen LogP contribution in [0.25, 0.3) is 0 Å². The molecule has 0 bridgehead atoms. The van der Waals surface area contributed by atoms with Gasteiger partial charge < -0.3 is 10.0 Å². The monoisotopic (exact) mass is 274 g/mol. The lowest BCUT2D eigenvalue weighted by Gasteiger charge is -2.27. The van der Waals surface area contributed by atoms with Gasteiger partial charge in [0, 0.05) is 31.4 Å². The Hall–Kier alpha value is -1.06. The van der Waals surface area contributed by atoms with Crippen molar-refractivity contribution in [3.8, 4) is 0 Å². The van der Waals surface area contributed by atoms with Crippen molar-refractivity contribution in [2.75, 3.05) is 31.1 Å². The topological polar surface area (TPSA) is 26.7 Å². The highest BCUT2D eigenvalue weighted by molar-refractivity contribution is 5.48. The molecule has 0 spiro atoms. The standard InChI is InChI=1S/C17H26N2O/c1-2-17(20)14-6-8-15(9-7-14)19-12-4-11-18-10-3-5-16(18)13-19/h6-9,16-17,20H,2-5,10-13H2,1H3. The van der Waals surface area contributed by atoms with Gasteiger partial charge >= 0.3 is 0 Å². The predicted molar refractivity (Wildman–Crippen MR) is 83.1 cm³/mol. The molecule has 0 aromatic heterocycles. The van der Waals surface area contributed by atoms with Gasteiger partial charge in [-0.25, -0.2) is 0 Å². The minimum Gasteiger partial charge on any atom is -0.388 e. The predicted octanol–water partition coefficient (Wildman–Crippen LogP) is 2.80. The Morgan fingerprint density at radius 3 is 2.65 bits per heavy atom. The van der Waals surface area contributed by atoms with Gasteiger partial charge in [0.15, 0.2) is 0 Å². The van der Waals surface area contributed by atoms with Crippen molar-refractivity contribution in [2.45, 2.75) is 44.8 Å². The first-order chi connectivity index (χ1) is 9.78. The third-order valence-corrected chi connectivity index (χ3v) is 4.83. The van der Waals surface area contributed by atoms with E-state index in [0.717, 1.165) is 31.1 Å². The zero-order valence-electron chi connectivity index (χ0n) is 12.5. The molecule has 3 rings (SSSR count). The maximum atomic E-state index is 9.88. The highest BCUT2D eigenvalue weighted by Crippen LogP contribution is 2.26. The summed E-state index contributed by atoms with van der Waals surface area (Å²) < 4.78 is 0. The summed E-state index contributed by atoms with van der Waals surface area (Å²) in [6, 6.07) is 9.28. The third kappa shape index (κ3) is 2.84. The summed E-state index contributed by atoms with van der Waals surface area (Å²) in [6.07, 6.45) is 4.43. The van der Waals surface area contributed by atoms with E-state index in [4.69, 9.17) is 0 Å². The lowest BCUT2D eigenvalue weighted by Crippen LogP contribution is -2.36. The van der Waals surface area contributed by atoms with Crippen LogP contribution in [0.15, 0.2) is 24.3 Å². The van der Waals surface area contributed by atoms with Crippen LogP contribution in [-0.4, -0.2) is 42.2 Å². The zero-order valence-corrected chi connectivity index (χ0v) is 12.5. The van der Waals surface area contributed by atoms with Crippen molar-refractivity contribution in [3.05, 3.63) is 29.8 Å². The Labute approximate surface area is 122 Å². The van der Waals surface area contributed by atoms with Gasteiger partial charge in [-0.15, -0.1) is 0 Å². The number of aliphatic hydroxyl groups is 1. The van der Waals surface area contributed by atoms with Crippen molar-refractivity contribution in [3.63, 3.8) is 0 Å². The number of rotatable bonds is 3. The van der Waals surface area contributed by atoms with Crippen LogP contribution in [0.3, 0.4) is 0 Å². The molecule has 20 heavy (non-hydrogen) atoms. The first-order valence-corrected chi connectivity index (χ1v) is 8.05. The van der Waals surface area contributed by atoms with E-state index in [1.807, 2.05) is 6.92 Å². The molecular weight excluding hydrogens is 248 g/mol. The molecule has 2 fully saturated rings. The zero-order chi connectivity index (χ0) is 13.9. The molecule has 1 aromatic rings. The van der Waals surface area contributed by atoms with E-state index < -0.39 is 0 Å². The van der Waals surface area contributed by atoms with E-state index >= 15 is 0 Å². The van der Waals surface area contributed by atoms with Gasteiger partial charge in [-0.1, -0.05) is 19.1 Å². The van der Waals surface area contributed by atoms with Gasteiger partial charge in [0.1, 0.15) is 0 Å². The second-order valence-electron chi connectivity index (χ2n) is 6.15. The van der Waals surface area contributed by atoms with Crippen molar-refractivity contribution in [2.24, 2.45) is 0 Å². The number of benzene rings is 1. The molecule has 2 saturated heterocycles. The lowest BCUT2D eigenvalue weighted by atomic mass is 10.1. The molecule has 0 saturated carbocycles. The highest BCUT2D eigenvalue weighted by atomic mass is 16.3. The van der Waals surface area contributed by atoms with Crippen molar-refractivity contribution in [1.29, 1.82) is 0 Å². The molecule has 1 aromatic carbocycles. The van der Waals surface area contributed by atoms with Gasteiger partial charge in [0.2, 0.25) is 0 Å². The average Bonchev–Trinajstić information content (AvgIpc) is 2.83. The Balaban J connectivity index is 1.71. The smallest absolute Gasteiger partial charge is 0.0787 e. The summed E-state index contributed by atoms with van der Waals surface area (Å²) in [5.74, 6) is 0. The Bertz CT molecular complexity index is 431. The molecule has 0 aliphatic carbocycles. The molecule has 110 valence electrons. The van der Waals surface area contributed by atoms with Crippen LogP contribution >= 0.6 is 0 Å². The van der Waals surface area contributed by atoms with Crippen LogP contribution in [0, 0.1) is 0 Å². The number of nitrogens with zero attached hydrogens (tertiary/aromatic N) is 2. The van der Waals surface area contributed by atoms with Gasteiger partial charge in [0.25, 0.3) is 0 Å². The summed E-state index contributed by atoms with van der Waals surface area (Å²) in [5.41, 5.74) is 2.35. The van der Waals surface area contributed by atoms with Crippen LogP contribution < -0.4 is 4.90 Å². The van der Waals surface area contributed by atoms with Crippen molar-refractivity contribution < 1.29 is 5.11 Å². The minimum absolute atomic E-state index is 0.321. The van der Waals surface area contributed by atoms with Crippen LogP contribution in [0.5, 0.6) is 0 Å². The van der Waals surface area contributed by atoms with Crippen molar-refractivity contribution >= 4 is 5.69 Å². The molecule has 0 amide bonds. The number of hydrogen-bond donors (Lipinski definition) is 1. The van der Waals surface area contributed by atoms with Gasteiger partial charge in [-0.3, -0.25) is 4.90 Å². The molecule has 3 heteroatoms. The number of fused-ring (bicyclic) bond motifs is 1. The van der Waals surface area contributed by atoms with Gasteiger partial charge in [-0.05, 0) is 49.9 Å². The van der Waals surface area contributed by atoms with Crippen LogP contribution in [0.2, 0.25) is 0 Å². The first-order valence-electron chi connectivity index (χ1n) is 8.05. The van der Waals surface area contributed by atoms with Crippen molar-refractivity contribution in [1.82, 2.24) is 4.90 Å². The minimum atomic E-state index is -0.321. The van der Waals surface area contributed by atoms with E-state index in [2.05, 4.69) is 34.1 Å². The molecule has 1 N–H and O–H groups in total. The Kier molecular flexibility index (Phi) is 4.27. The molecule has 2 aliphatic rings. The van der Waals surface area contributed by atoms with E-state index in [1.54, 1.807) is 0 Å². The molecule has 2 atom stereocenters. The summed E-state index contributed by atoms with van der Waals surface area (Å²) in [4.78, 5) is 5.19. The molecule has 2 heterocycles. The van der Waals surface area contributed by atoms with E-state index in [1.165, 1.54) is 38.0 Å². The first kappa shape index (κ1) is 13.9. The Morgan fingerprint density at radius 2 is 1.90 bits per heavy atom. The number of hydrogen-bond acceptors (Lipinski definition) is 3. The summed E-state index contributed by atoms with van der Waals surface area (Å²) in [5, 5.41) is 9.88. The fourth-order valence-corrected chi connectivity index (χ4v) is 3.58. The highest BCUT2D eigenvalue weighted by Gasteiger charge is 2.28. The Morgan fingerprint density at radius 1 is 1.15 bits per heavy atom. The summed E-state index contributed by atoms with van der Waals surface area (Å²) in [7, 11) is 0. The third-order valence-electron chi connectivity index (χ3n) is 4.83. The molecule has 2 unspecified atom stereocenters. The van der Waals surface area contributed by atoms with Gasteiger partial charge in [0.05, 0.1) is 6.10 Å². The van der Waals surface area contributed by atoms with E-state index in [-0.39, 0.29) is 6.10 Å². The average molecular weight is 274 g/mol. The summed E-state index contributed by atoms with van der Waals surface area (Å²) in [6.45, 7) is 6.88. The van der Waals surface area contributed by atoms with Crippen LogP contribution in [0.1, 0.15) is 44.3 Å². The van der Waals surface area contributed by atoms with Crippen LogP contribution in [0.4, 0.5) is 5.69 Å². The number of anilines is 1. The molecule has 3 nitrogen and oxygen atoms in total. The normalized spacial score (nSPS) is 25.3. The molecule has 2 aliphatic heterocycles. The van der Waals surface area contributed by atoms with Gasteiger partial charge in [-0.2, -0.15) is 0 Å². The van der Waals surface area contributed by atoms with Crippen LogP contribution in [-0.2, 0) is 0 Å². The SMILES string of the molecule is CCC(O)c1ccc(N2CCCN3CCCC3C2)cc1. The maximum absolute atomic E-state index is 9.88. The maximum Gasteiger partial charge on any atom is 0.0787 e. The van der Waals surface area contributed by atoms with E-state index in [0.29, 0.717) is 0 Å². The quantitative estimate of drug-likeness (QED) is 0.918. The fraction of sp³-hybridized carbons (Fsp3) is 0.647. The molecule has 0 radical (unpaired) electrons.